The summed E-state index contributed by atoms with van der Waals surface area (Å²) in [6.45, 7) is 5.24. The molecule has 5 rings (SSSR count). The van der Waals surface area contributed by atoms with Crippen molar-refractivity contribution in [1.29, 1.82) is 0 Å². The SMILES string of the molecule is CN1C(=O)c2cc(NC(=O)Nc3ccccc3Cl)ccc2OC[C@@H]2O[C@@H](CC(=O)NCCCN3CCOCC3)CC[C@@H]21. The zero-order valence-electron chi connectivity index (χ0n) is 23.8. The molecule has 3 N–H and O–H groups in total. The molecule has 12 heteroatoms. The van der Waals surface area contributed by atoms with Crippen molar-refractivity contribution >= 4 is 40.8 Å². The molecule has 2 fully saturated rings. The number of nitrogens with one attached hydrogen (secondary N) is 3. The van der Waals surface area contributed by atoms with Gasteiger partial charge < -0.3 is 35.1 Å². The van der Waals surface area contributed by atoms with Gasteiger partial charge >= 0.3 is 6.03 Å². The molecule has 3 aliphatic rings. The van der Waals surface area contributed by atoms with Gasteiger partial charge in [-0.05, 0) is 56.1 Å². The lowest BCUT2D eigenvalue weighted by Gasteiger charge is -2.42. The number of fused-ring (bicyclic) bond motifs is 2. The van der Waals surface area contributed by atoms with Gasteiger partial charge in [-0.1, -0.05) is 23.7 Å². The molecule has 226 valence electrons. The van der Waals surface area contributed by atoms with Crippen LogP contribution in [0.25, 0.3) is 0 Å². The van der Waals surface area contributed by atoms with E-state index in [1.54, 1.807) is 54.4 Å². The number of rotatable bonds is 8. The smallest absolute Gasteiger partial charge is 0.323 e. The number of ether oxygens (including phenoxy) is 3. The lowest BCUT2D eigenvalue weighted by atomic mass is 9.94. The van der Waals surface area contributed by atoms with Gasteiger partial charge in [-0.2, -0.15) is 0 Å². The van der Waals surface area contributed by atoms with Crippen LogP contribution < -0.4 is 20.7 Å². The van der Waals surface area contributed by atoms with Crippen molar-refractivity contribution in [2.45, 2.75) is 43.9 Å². The predicted octanol–water partition coefficient (Wildman–Crippen LogP) is 3.59. The maximum absolute atomic E-state index is 13.5. The normalized spacial score (nSPS) is 22.6. The molecular weight excluding hydrogens is 562 g/mol. The first-order valence-electron chi connectivity index (χ1n) is 14.5. The number of anilines is 2. The van der Waals surface area contributed by atoms with Gasteiger partial charge in [0.2, 0.25) is 5.91 Å². The Morgan fingerprint density at radius 2 is 1.88 bits per heavy atom. The number of carbonyl (C=O) groups is 3. The Morgan fingerprint density at radius 1 is 1.07 bits per heavy atom. The second-order valence-corrected chi connectivity index (χ2v) is 11.2. The minimum Gasteiger partial charge on any atom is -0.490 e. The van der Waals surface area contributed by atoms with Crippen LogP contribution in [0.3, 0.4) is 0 Å². The number of carbonyl (C=O) groups excluding carboxylic acids is 3. The van der Waals surface area contributed by atoms with Crippen molar-refractivity contribution in [3.8, 4) is 5.75 Å². The number of hydrogen-bond acceptors (Lipinski definition) is 7. The van der Waals surface area contributed by atoms with Gasteiger partial charge in [0.15, 0.2) is 0 Å². The third kappa shape index (κ3) is 7.71. The van der Waals surface area contributed by atoms with Crippen molar-refractivity contribution in [3.63, 3.8) is 0 Å². The lowest BCUT2D eigenvalue weighted by molar-refractivity contribution is -0.134. The Hall–Kier alpha value is -3.38. The zero-order chi connectivity index (χ0) is 29.5. The summed E-state index contributed by atoms with van der Waals surface area (Å²) in [5.74, 6) is 0.154. The molecular formula is C30H38ClN5O6. The minimum absolute atomic E-state index is 0.0273. The van der Waals surface area contributed by atoms with Crippen molar-refractivity contribution in [2.75, 3.05) is 63.7 Å². The Balaban J connectivity index is 1.13. The minimum atomic E-state index is -0.483. The second-order valence-electron chi connectivity index (χ2n) is 10.8. The lowest BCUT2D eigenvalue weighted by Crippen LogP contribution is -2.54. The van der Waals surface area contributed by atoms with Crippen molar-refractivity contribution < 1.29 is 28.6 Å². The van der Waals surface area contributed by atoms with Crippen LogP contribution in [-0.4, -0.2) is 98.9 Å². The third-order valence-corrected chi connectivity index (χ3v) is 8.21. The molecule has 2 aromatic rings. The third-order valence-electron chi connectivity index (χ3n) is 7.88. The molecule has 3 aliphatic heterocycles. The van der Waals surface area contributed by atoms with Gasteiger partial charge in [-0.15, -0.1) is 0 Å². The van der Waals surface area contributed by atoms with E-state index in [0.29, 0.717) is 47.1 Å². The molecule has 3 atom stereocenters. The van der Waals surface area contributed by atoms with Crippen LogP contribution in [0.4, 0.5) is 16.2 Å². The van der Waals surface area contributed by atoms with Crippen LogP contribution in [0.5, 0.6) is 5.75 Å². The summed E-state index contributed by atoms with van der Waals surface area (Å²) < 4.78 is 17.7. The summed E-state index contributed by atoms with van der Waals surface area (Å²) in [5, 5.41) is 8.89. The molecule has 0 radical (unpaired) electrons. The van der Waals surface area contributed by atoms with E-state index in [4.69, 9.17) is 25.8 Å². The molecule has 11 nitrogen and oxygen atoms in total. The first kappa shape index (κ1) is 30.1. The topological polar surface area (TPSA) is 121 Å². The molecule has 4 amide bonds. The number of urea groups is 1. The van der Waals surface area contributed by atoms with Gasteiger partial charge in [0.1, 0.15) is 18.5 Å². The van der Waals surface area contributed by atoms with E-state index in [2.05, 4.69) is 20.9 Å². The van der Waals surface area contributed by atoms with Crippen LogP contribution in [-0.2, 0) is 14.3 Å². The van der Waals surface area contributed by atoms with Crippen molar-refractivity contribution in [3.05, 3.63) is 53.1 Å². The molecule has 0 spiro atoms. The molecule has 2 aromatic carbocycles. The van der Waals surface area contributed by atoms with Crippen LogP contribution in [0.2, 0.25) is 5.02 Å². The predicted molar refractivity (Wildman–Crippen MR) is 159 cm³/mol. The monoisotopic (exact) mass is 599 g/mol. The number of nitrogens with zero attached hydrogens (tertiary/aromatic N) is 2. The summed E-state index contributed by atoms with van der Waals surface area (Å²) in [6.07, 6.45) is 1.93. The van der Waals surface area contributed by atoms with E-state index < -0.39 is 6.03 Å². The van der Waals surface area contributed by atoms with Crippen LogP contribution >= 0.6 is 11.6 Å². The highest BCUT2D eigenvalue weighted by Gasteiger charge is 2.39. The number of para-hydroxylation sites is 1. The number of morpholine rings is 1. The molecule has 0 aliphatic carbocycles. The van der Waals surface area contributed by atoms with E-state index in [1.807, 2.05) is 0 Å². The number of benzene rings is 2. The Labute approximate surface area is 250 Å². The van der Waals surface area contributed by atoms with Gasteiger partial charge in [0, 0.05) is 32.4 Å². The highest BCUT2D eigenvalue weighted by atomic mass is 35.5. The van der Waals surface area contributed by atoms with Gasteiger partial charge in [0.25, 0.3) is 5.91 Å². The quantitative estimate of drug-likeness (QED) is 0.397. The largest absolute Gasteiger partial charge is 0.490 e. The molecule has 0 unspecified atom stereocenters. The Bertz CT molecular complexity index is 1270. The average molecular weight is 600 g/mol. The van der Waals surface area contributed by atoms with E-state index in [1.165, 1.54) is 0 Å². The Kier molecular flexibility index (Phi) is 10.2. The summed E-state index contributed by atoms with van der Waals surface area (Å²) in [7, 11) is 1.75. The maximum Gasteiger partial charge on any atom is 0.323 e. The fourth-order valence-electron chi connectivity index (χ4n) is 5.59. The molecule has 0 aromatic heterocycles. The van der Waals surface area contributed by atoms with Gasteiger partial charge in [-0.3, -0.25) is 14.5 Å². The number of amides is 4. The molecule has 0 saturated carbocycles. The fraction of sp³-hybridized carbons (Fsp3) is 0.500. The number of halogens is 1. The number of likely N-dealkylation sites (N-methyl/N-ethyl adjacent to an activating group) is 1. The molecule has 0 bridgehead atoms. The van der Waals surface area contributed by atoms with Crippen LogP contribution in [0.15, 0.2) is 42.5 Å². The summed E-state index contributed by atoms with van der Waals surface area (Å²) in [4.78, 5) is 42.7. The first-order chi connectivity index (χ1) is 20.4. The van der Waals surface area contributed by atoms with Crippen LogP contribution in [0, 0.1) is 0 Å². The van der Waals surface area contributed by atoms with E-state index in [-0.39, 0.29) is 43.1 Å². The zero-order valence-corrected chi connectivity index (χ0v) is 24.5. The highest BCUT2D eigenvalue weighted by Crippen LogP contribution is 2.32. The van der Waals surface area contributed by atoms with Crippen LogP contribution in [0.1, 0.15) is 36.0 Å². The fourth-order valence-corrected chi connectivity index (χ4v) is 5.77. The molecule has 3 heterocycles. The van der Waals surface area contributed by atoms with Crippen molar-refractivity contribution in [1.82, 2.24) is 15.1 Å². The first-order valence-corrected chi connectivity index (χ1v) is 14.8. The summed E-state index contributed by atoms with van der Waals surface area (Å²) in [5.41, 5.74) is 1.27. The molecule has 2 saturated heterocycles. The second kappa shape index (κ2) is 14.2. The maximum atomic E-state index is 13.5. The van der Waals surface area contributed by atoms with E-state index >= 15 is 0 Å². The van der Waals surface area contributed by atoms with Crippen molar-refractivity contribution in [2.24, 2.45) is 0 Å². The summed E-state index contributed by atoms with van der Waals surface area (Å²) >= 11 is 6.13. The highest BCUT2D eigenvalue weighted by molar-refractivity contribution is 6.33. The molecule has 42 heavy (non-hydrogen) atoms. The Morgan fingerprint density at radius 3 is 2.69 bits per heavy atom. The van der Waals surface area contributed by atoms with E-state index in [9.17, 15) is 14.4 Å². The van der Waals surface area contributed by atoms with E-state index in [0.717, 1.165) is 39.3 Å². The van der Waals surface area contributed by atoms with Gasteiger partial charge in [-0.25, -0.2) is 4.79 Å². The average Bonchev–Trinajstić information content (AvgIpc) is 2.99. The summed E-state index contributed by atoms with van der Waals surface area (Å²) in [6, 6.07) is 11.2. The number of hydrogen-bond donors (Lipinski definition) is 3. The standard InChI is InChI=1S/C30H38ClN5O6/c1-35-25-9-8-21(18-28(37)32-11-4-12-36-13-15-40-16-14-36)42-27(25)19-41-26-10-7-20(17-22(26)29(35)38)33-30(39)34-24-6-3-2-5-23(24)31/h2-3,5-7,10,17,21,25,27H,4,8-9,11-16,18-19H2,1H3,(H,32,37)(H2,33,34,39)/t21-,25+,27+/m1/s1. The van der Waals surface area contributed by atoms with Gasteiger partial charge in [0.05, 0.1) is 48.1 Å².